The van der Waals surface area contributed by atoms with E-state index in [-0.39, 0.29) is 23.9 Å². The van der Waals surface area contributed by atoms with Gasteiger partial charge >= 0.3 is 6.09 Å². The van der Waals surface area contributed by atoms with Crippen LogP contribution in [-0.2, 0) is 9.59 Å². The van der Waals surface area contributed by atoms with Gasteiger partial charge in [-0.25, -0.2) is 14.8 Å². The van der Waals surface area contributed by atoms with Crippen LogP contribution in [0.1, 0.15) is 61.0 Å². The highest BCUT2D eigenvalue weighted by Crippen LogP contribution is 2.36. The zero-order chi connectivity index (χ0) is 40.4. The minimum Gasteiger partial charge on any atom is -0.465 e. The van der Waals surface area contributed by atoms with Gasteiger partial charge < -0.3 is 30.2 Å². The molecule has 0 unspecified atom stereocenters. The topological polar surface area (TPSA) is 147 Å². The second-order valence-corrected chi connectivity index (χ2v) is 16.0. The molecule has 0 aliphatic carbocycles. The summed E-state index contributed by atoms with van der Waals surface area (Å²) in [6.45, 7) is 1.56. The number of aromatic amines is 2. The molecule has 0 radical (unpaired) electrons. The number of carbonyl (C=O) groups is 3. The normalized spacial score (nSPS) is 17.4. The summed E-state index contributed by atoms with van der Waals surface area (Å²) in [5.74, 6) is 1.28. The summed E-state index contributed by atoms with van der Waals surface area (Å²) < 4.78 is 0.428. The number of carboxylic acid groups (broad SMARTS) is 1. The number of quaternary nitrogens is 1. The van der Waals surface area contributed by atoms with E-state index in [1.807, 2.05) is 67.7 Å². The van der Waals surface area contributed by atoms with Crippen molar-refractivity contribution < 1.29 is 19.5 Å². The van der Waals surface area contributed by atoms with E-state index in [2.05, 4.69) is 56.7 Å². The van der Waals surface area contributed by atoms with E-state index in [0.29, 0.717) is 40.5 Å². The Morgan fingerprint density at radius 3 is 1.78 bits per heavy atom. The molecule has 3 amide bonds. The number of rotatable bonds is 11. The van der Waals surface area contributed by atoms with Crippen molar-refractivity contribution in [2.45, 2.75) is 43.8 Å². The lowest BCUT2D eigenvalue weighted by Gasteiger charge is -2.32. The van der Waals surface area contributed by atoms with Crippen molar-refractivity contribution in [1.82, 2.24) is 39.5 Å². The maximum absolute atomic E-state index is 13.7. The number of aromatic nitrogens is 4. The van der Waals surface area contributed by atoms with Gasteiger partial charge in [0.25, 0.3) is 11.8 Å². The Balaban J connectivity index is 0.911. The monoisotopic (exact) mass is 797 g/mol. The molecule has 2 aliphatic rings. The first-order valence-corrected chi connectivity index (χ1v) is 20.0. The van der Waals surface area contributed by atoms with E-state index in [9.17, 15) is 19.5 Å². The minimum atomic E-state index is -1.25. The van der Waals surface area contributed by atoms with Gasteiger partial charge in [0.05, 0.1) is 50.0 Å². The van der Waals surface area contributed by atoms with E-state index in [1.54, 1.807) is 35.4 Å². The molecular formula is C45H46ClN8O4+. The number of carbonyl (C=O) groups excluding carboxylic acids is 2. The maximum Gasteiger partial charge on any atom is 0.405 e. The zero-order valence-electron chi connectivity index (χ0n) is 32.4. The van der Waals surface area contributed by atoms with Crippen LogP contribution >= 0.6 is 11.6 Å². The predicted molar refractivity (Wildman–Crippen MR) is 225 cm³/mol. The molecule has 58 heavy (non-hydrogen) atoms. The molecule has 0 saturated carbocycles. The van der Waals surface area contributed by atoms with Crippen LogP contribution in [0, 0.1) is 0 Å². The third-order valence-corrected chi connectivity index (χ3v) is 11.6. The van der Waals surface area contributed by atoms with Gasteiger partial charge in [-0.1, -0.05) is 90.5 Å². The van der Waals surface area contributed by atoms with Crippen LogP contribution in [-0.4, -0.2) is 86.5 Å². The maximum atomic E-state index is 13.7. The molecule has 0 spiro atoms. The van der Waals surface area contributed by atoms with E-state index >= 15 is 0 Å². The van der Waals surface area contributed by atoms with Crippen LogP contribution in [0.3, 0.4) is 0 Å². The third kappa shape index (κ3) is 8.11. The number of H-pyrrole nitrogens is 2. The summed E-state index contributed by atoms with van der Waals surface area (Å²) in [6, 6.07) is 31.8. The number of nitrogens with one attached hydrogen (secondary N) is 3. The number of hydrogen-bond donors (Lipinski definition) is 4. The van der Waals surface area contributed by atoms with Gasteiger partial charge in [-0.05, 0) is 65.6 Å². The second-order valence-electron chi connectivity index (χ2n) is 15.6. The largest absolute Gasteiger partial charge is 0.465 e. The first-order chi connectivity index (χ1) is 28.0. The van der Waals surface area contributed by atoms with Crippen LogP contribution in [0.2, 0.25) is 5.02 Å². The highest BCUT2D eigenvalue weighted by molar-refractivity contribution is 6.30. The Bertz CT molecular complexity index is 2390. The standard InChI is InChI=1S/C45H45ClN8O4/c1-54(2,35-22-20-34(46)21-23-35)28-40(55)52-24-6-10-38(52)42-47-26-36(49-42)31-16-12-29(13-17-31)30-14-18-32(19-15-30)37-27-48-43(50-37)39-11-7-25-53(39)44(56)41(51-45(57)58)33-8-4-3-5-9-33/h3-5,8-9,12-23,26-27,38-39,41,51H,6-7,10-11,24-25,28H2,1-2H3,(H2-,47,48,49,50,57,58)/p+1/t38-,39-,41+/m0/s1. The predicted octanol–water partition coefficient (Wildman–Crippen LogP) is 8.39. The Labute approximate surface area is 342 Å². The Kier molecular flexibility index (Phi) is 10.9. The van der Waals surface area contributed by atoms with Crippen LogP contribution in [0.25, 0.3) is 33.6 Å². The highest BCUT2D eigenvalue weighted by Gasteiger charge is 2.38. The number of imidazole rings is 2. The van der Waals surface area contributed by atoms with E-state index in [1.165, 1.54) is 0 Å². The fourth-order valence-corrected chi connectivity index (χ4v) is 8.37. The molecule has 6 aromatic rings. The molecule has 2 aliphatic heterocycles. The van der Waals surface area contributed by atoms with Crippen molar-refractivity contribution in [2.75, 3.05) is 33.7 Å². The molecule has 2 saturated heterocycles. The molecule has 4 aromatic carbocycles. The lowest BCUT2D eigenvalue weighted by Crippen LogP contribution is -2.49. The summed E-state index contributed by atoms with van der Waals surface area (Å²) in [5.41, 5.74) is 7.45. The first kappa shape index (κ1) is 38.6. The van der Waals surface area contributed by atoms with E-state index < -0.39 is 12.1 Å². The molecule has 13 heteroatoms. The number of benzene rings is 4. The number of halogens is 1. The fourth-order valence-electron chi connectivity index (χ4n) is 8.24. The van der Waals surface area contributed by atoms with Crippen molar-refractivity contribution in [1.29, 1.82) is 0 Å². The van der Waals surface area contributed by atoms with E-state index in [4.69, 9.17) is 16.6 Å². The smallest absolute Gasteiger partial charge is 0.405 e. The van der Waals surface area contributed by atoms with Gasteiger partial charge in [0.2, 0.25) is 0 Å². The van der Waals surface area contributed by atoms with Crippen LogP contribution < -0.4 is 9.80 Å². The number of nitrogens with zero attached hydrogens (tertiary/aromatic N) is 5. The molecule has 0 bridgehead atoms. The third-order valence-electron chi connectivity index (χ3n) is 11.4. The molecule has 4 N–H and O–H groups in total. The molecular weight excluding hydrogens is 752 g/mol. The molecule has 2 fully saturated rings. The lowest BCUT2D eigenvalue weighted by atomic mass is 10.0. The Hall–Kier alpha value is -6.24. The molecule has 4 heterocycles. The van der Waals surface area contributed by atoms with Crippen LogP contribution in [0.4, 0.5) is 10.5 Å². The van der Waals surface area contributed by atoms with Crippen molar-refractivity contribution in [3.63, 3.8) is 0 Å². The van der Waals surface area contributed by atoms with Gasteiger partial charge in [0, 0.05) is 30.2 Å². The number of amides is 3. The molecule has 12 nitrogen and oxygen atoms in total. The molecule has 296 valence electrons. The highest BCUT2D eigenvalue weighted by atomic mass is 35.5. The summed E-state index contributed by atoms with van der Waals surface area (Å²) in [6.07, 6.45) is 5.69. The average molecular weight is 798 g/mol. The van der Waals surface area contributed by atoms with Gasteiger partial charge in [-0.15, -0.1) is 0 Å². The van der Waals surface area contributed by atoms with Gasteiger partial charge in [0.15, 0.2) is 6.54 Å². The summed E-state index contributed by atoms with van der Waals surface area (Å²) in [7, 11) is 4.07. The Morgan fingerprint density at radius 1 is 0.741 bits per heavy atom. The Morgan fingerprint density at radius 2 is 1.24 bits per heavy atom. The van der Waals surface area contributed by atoms with Crippen molar-refractivity contribution in [2.24, 2.45) is 0 Å². The van der Waals surface area contributed by atoms with E-state index in [0.717, 1.165) is 70.8 Å². The molecule has 3 atom stereocenters. The average Bonchev–Trinajstić information content (AvgIpc) is 4.07. The fraction of sp³-hybridized carbons (Fsp3) is 0.267. The lowest BCUT2D eigenvalue weighted by molar-refractivity contribution is -0.134. The number of likely N-dealkylation sites (tertiary alicyclic amines) is 2. The van der Waals surface area contributed by atoms with Crippen molar-refractivity contribution in [3.8, 4) is 33.6 Å². The number of hydrogen-bond acceptors (Lipinski definition) is 5. The zero-order valence-corrected chi connectivity index (χ0v) is 33.2. The van der Waals surface area contributed by atoms with Crippen molar-refractivity contribution in [3.05, 3.63) is 138 Å². The van der Waals surface area contributed by atoms with Crippen molar-refractivity contribution >= 4 is 35.2 Å². The minimum absolute atomic E-state index is 0.0945. The molecule has 8 rings (SSSR count). The first-order valence-electron chi connectivity index (χ1n) is 19.6. The van der Waals surface area contributed by atoms with Crippen LogP contribution in [0.15, 0.2) is 116 Å². The van der Waals surface area contributed by atoms with Crippen LogP contribution in [0.5, 0.6) is 0 Å². The SMILES string of the molecule is C[N+](C)(CC(=O)N1CCC[C@H]1c1ncc(-c2ccc(-c3ccc(-c4cnc([C@@H]5CCCN5C(=O)[C@H](NC(=O)O)c5ccccc5)[nH]4)cc3)cc2)[nH]1)c1ccc(Cl)cc1. The molecule has 2 aromatic heterocycles. The van der Waals surface area contributed by atoms with Gasteiger partial charge in [0.1, 0.15) is 23.4 Å². The number of likely N-dealkylation sites (N-methyl/N-ethyl adjacent to an activating group) is 1. The quantitative estimate of drug-likeness (QED) is 0.0969. The summed E-state index contributed by atoms with van der Waals surface area (Å²) in [4.78, 5) is 59.0. The summed E-state index contributed by atoms with van der Waals surface area (Å²) >= 11 is 6.10. The van der Waals surface area contributed by atoms with Gasteiger partial charge in [-0.3, -0.25) is 14.1 Å². The van der Waals surface area contributed by atoms with Gasteiger partial charge in [-0.2, -0.15) is 0 Å². The second kappa shape index (κ2) is 16.3. The summed E-state index contributed by atoms with van der Waals surface area (Å²) in [5, 5.41) is 12.6.